The fourth-order valence-electron chi connectivity index (χ4n) is 1.46. The Morgan fingerprint density at radius 2 is 2.25 bits per heavy atom. The maximum Gasteiger partial charge on any atom is 0.244 e. The molecule has 66 valence electrons. The van der Waals surface area contributed by atoms with Crippen LogP contribution in [0.25, 0.3) is 0 Å². The summed E-state index contributed by atoms with van der Waals surface area (Å²) in [5, 5.41) is 2.99. The first-order valence-corrected chi connectivity index (χ1v) is 4.75. The van der Waals surface area contributed by atoms with E-state index in [1.807, 2.05) is 0 Å². The van der Waals surface area contributed by atoms with E-state index in [1.54, 1.807) is 6.08 Å². The molecule has 2 fully saturated rings. The molecular weight excluding hydrogens is 150 g/mol. The molecule has 2 rings (SSSR count). The second kappa shape index (κ2) is 2.92. The van der Waals surface area contributed by atoms with Gasteiger partial charge in [-0.05, 0) is 31.6 Å². The van der Waals surface area contributed by atoms with Crippen molar-refractivity contribution in [1.82, 2.24) is 5.32 Å². The zero-order valence-electron chi connectivity index (χ0n) is 7.47. The van der Waals surface area contributed by atoms with Gasteiger partial charge in [0.2, 0.25) is 5.91 Å². The van der Waals surface area contributed by atoms with Crippen LogP contribution in [-0.4, -0.2) is 11.9 Å². The van der Waals surface area contributed by atoms with Crippen LogP contribution in [0.3, 0.4) is 0 Å². The Labute approximate surface area is 73.0 Å². The van der Waals surface area contributed by atoms with E-state index in [2.05, 4.69) is 12.2 Å². The Morgan fingerprint density at radius 3 is 2.67 bits per heavy atom. The third-order valence-corrected chi connectivity index (χ3v) is 2.77. The van der Waals surface area contributed by atoms with Gasteiger partial charge in [-0.2, -0.15) is 0 Å². The van der Waals surface area contributed by atoms with Gasteiger partial charge in [0.15, 0.2) is 0 Å². The number of hydrogen-bond acceptors (Lipinski definition) is 1. The molecule has 2 atom stereocenters. The molecule has 1 N–H and O–H groups in total. The van der Waals surface area contributed by atoms with Crippen molar-refractivity contribution in [2.75, 3.05) is 0 Å². The van der Waals surface area contributed by atoms with Gasteiger partial charge in [-0.3, -0.25) is 4.79 Å². The molecule has 0 bridgehead atoms. The van der Waals surface area contributed by atoms with E-state index < -0.39 is 0 Å². The van der Waals surface area contributed by atoms with Crippen molar-refractivity contribution in [2.45, 2.75) is 38.6 Å². The highest BCUT2D eigenvalue weighted by atomic mass is 16.1. The molecule has 2 aliphatic rings. The number of hydrogen-bond donors (Lipinski definition) is 1. The smallest absolute Gasteiger partial charge is 0.244 e. The van der Waals surface area contributed by atoms with E-state index in [4.69, 9.17) is 0 Å². The molecule has 2 saturated carbocycles. The Kier molecular flexibility index (Phi) is 1.91. The number of rotatable bonds is 2. The summed E-state index contributed by atoms with van der Waals surface area (Å²) in [5.41, 5.74) is 1.32. The number of allylic oxidation sites excluding steroid dienone is 1. The van der Waals surface area contributed by atoms with Gasteiger partial charge in [-0.25, -0.2) is 0 Å². The molecule has 0 aromatic carbocycles. The molecule has 2 heteroatoms. The summed E-state index contributed by atoms with van der Waals surface area (Å²) in [6.45, 7) is 2.17. The lowest BCUT2D eigenvalue weighted by atomic mass is 9.92. The molecule has 12 heavy (non-hydrogen) atoms. The molecule has 0 spiro atoms. The van der Waals surface area contributed by atoms with Gasteiger partial charge in [0.1, 0.15) is 0 Å². The third-order valence-electron chi connectivity index (χ3n) is 2.77. The molecule has 0 aliphatic heterocycles. The van der Waals surface area contributed by atoms with Crippen LogP contribution in [0.2, 0.25) is 0 Å². The topological polar surface area (TPSA) is 29.1 Å². The van der Waals surface area contributed by atoms with Crippen LogP contribution in [0.1, 0.15) is 32.6 Å². The zero-order valence-corrected chi connectivity index (χ0v) is 7.47. The summed E-state index contributed by atoms with van der Waals surface area (Å²) in [6, 6.07) is 0.467. The highest BCUT2D eigenvalue weighted by Gasteiger charge is 2.33. The fourth-order valence-corrected chi connectivity index (χ4v) is 1.46. The largest absolute Gasteiger partial charge is 0.350 e. The van der Waals surface area contributed by atoms with Crippen LogP contribution in [0.15, 0.2) is 11.6 Å². The molecule has 2 aliphatic carbocycles. The molecule has 0 radical (unpaired) electrons. The molecule has 0 saturated heterocycles. The highest BCUT2D eigenvalue weighted by molar-refractivity contribution is 5.88. The van der Waals surface area contributed by atoms with Crippen molar-refractivity contribution in [1.29, 1.82) is 0 Å². The summed E-state index contributed by atoms with van der Waals surface area (Å²) in [4.78, 5) is 11.3. The van der Waals surface area contributed by atoms with Gasteiger partial charge in [0.25, 0.3) is 0 Å². The summed E-state index contributed by atoms with van der Waals surface area (Å²) in [6.07, 6.45) is 6.48. The van der Waals surface area contributed by atoms with Crippen molar-refractivity contribution in [3.05, 3.63) is 11.6 Å². The number of carbonyl (C=O) groups is 1. The average molecular weight is 165 g/mol. The highest BCUT2D eigenvalue weighted by Crippen LogP contribution is 2.29. The van der Waals surface area contributed by atoms with Crippen LogP contribution in [0.4, 0.5) is 0 Å². The van der Waals surface area contributed by atoms with Crippen molar-refractivity contribution in [2.24, 2.45) is 5.92 Å². The summed E-state index contributed by atoms with van der Waals surface area (Å²) < 4.78 is 0. The SMILES string of the molecule is CC1CC1NC(=O)C=C1CCC1. The molecule has 2 unspecified atom stereocenters. The van der Waals surface area contributed by atoms with Crippen LogP contribution >= 0.6 is 0 Å². The number of carbonyl (C=O) groups excluding carboxylic acids is 1. The van der Waals surface area contributed by atoms with Crippen LogP contribution in [0, 0.1) is 5.92 Å². The molecule has 2 nitrogen and oxygen atoms in total. The van der Waals surface area contributed by atoms with Gasteiger partial charge in [-0.15, -0.1) is 0 Å². The molecule has 0 heterocycles. The van der Waals surface area contributed by atoms with Gasteiger partial charge in [0, 0.05) is 12.1 Å². The molecule has 0 aromatic rings. The minimum absolute atomic E-state index is 0.124. The Morgan fingerprint density at radius 1 is 1.58 bits per heavy atom. The maximum atomic E-state index is 11.3. The number of amides is 1. The normalized spacial score (nSPS) is 32.2. The molecular formula is C10H15NO. The zero-order chi connectivity index (χ0) is 8.55. The van der Waals surface area contributed by atoms with Gasteiger partial charge in [0.05, 0.1) is 0 Å². The second-order valence-corrected chi connectivity index (χ2v) is 3.98. The first-order valence-electron chi connectivity index (χ1n) is 4.75. The lowest BCUT2D eigenvalue weighted by Gasteiger charge is -2.15. The number of nitrogens with one attached hydrogen (secondary N) is 1. The monoisotopic (exact) mass is 165 g/mol. The fraction of sp³-hybridized carbons (Fsp3) is 0.700. The van der Waals surface area contributed by atoms with Crippen LogP contribution in [-0.2, 0) is 4.79 Å². The van der Waals surface area contributed by atoms with E-state index in [0.29, 0.717) is 12.0 Å². The summed E-state index contributed by atoms with van der Waals surface area (Å²) in [7, 11) is 0. The molecule has 0 aromatic heterocycles. The minimum atomic E-state index is 0.124. The van der Waals surface area contributed by atoms with Crippen LogP contribution < -0.4 is 5.32 Å². The molecule has 1 amide bonds. The van der Waals surface area contributed by atoms with Crippen molar-refractivity contribution in [3.63, 3.8) is 0 Å². The van der Waals surface area contributed by atoms with Gasteiger partial charge in [-0.1, -0.05) is 12.5 Å². The Balaban J connectivity index is 1.77. The summed E-state index contributed by atoms with van der Waals surface area (Å²) in [5.74, 6) is 0.827. The quantitative estimate of drug-likeness (QED) is 0.619. The lowest BCUT2D eigenvalue weighted by Crippen LogP contribution is -2.25. The van der Waals surface area contributed by atoms with Gasteiger partial charge >= 0.3 is 0 Å². The minimum Gasteiger partial charge on any atom is -0.350 e. The second-order valence-electron chi connectivity index (χ2n) is 3.98. The first kappa shape index (κ1) is 7.84. The standard InChI is InChI=1S/C10H15NO/c1-7-5-9(7)11-10(12)6-8-3-2-4-8/h6-7,9H,2-5H2,1H3,(H,11,12). The third kappa shape index (κ3) is 1.68. The van der Waals surface area contributed by atoms with E-state index in [1.165, 1.54) is 12.0 Å². The van der Waals surface area contributed by atoms with E-state index in [0.717, 1.165) is 19.3 Å². The predicted octanol–water partition coefficient (Wildman–Crippen LogP) is 1.62. The van der Waals surface area contributed by atoms with Crippen LogP contribution in [0.5, 0.6) is 0 Å². The van der Waals surface area contributed by atoms with Crippen molar-refractivity contribution in [3.8, 4) is 0 Å². The van der Waals surface area contributed by atoms with Crippen molar-refractivity contribution < 1.29 is 4.79 Å². The Hall–Kier alpha value is -0.790. The predicted molar refractivity (Wildman–Crippen MR) is 47.6 cm³/mol. The van der Waals surface area contributed by atoms with E-state index in [-0.39, 0.29) is 5.91 Å². The van der Waals surface area contributed by atoms with Crippen molar-refractivity contribution >= 4 is 5.91 Å². The first-order chi connectivity index (χ1) is 5.75. The van der Waals surface area contributed by atoms with E-state index >= 15 is 0 Å². The average Bonchev–Trinajstić information content (AvgIpc) is 2.58. The summed E-state index contributed by atoms with van der Waals surface area (Å²) >= 11 is 0. The van der Waals surface area contributed by atoms with Gasteiger partial charge < -0.3 is 5.32 Å². The van der Waals surface area contributed by atoms with E-state index in [9.17, 15) is 4.79 Å². The maximum absolute atomic E-state index is 11.3. The lowest BCUT2D eigenvalue weighted by molar-refractivity contribution is -0.116. The Bertz CT molecular complexity index is 226.